The number of carbonyl (C=O) groups excluding carboxylic acids is 1. The molecule has 1 heterocycles. The van der Waals surface area contributed by atoms with Gasteiger partial charge in [0.25, 0.3) is 5.91 Å². The van der Waals surface area contributed by atoms with Crippen LogP contribution in [0.5, 0.6) is 5.88 Å². The molecule has 0 radical (unpaired) electrons. The topological polar surface area (TPSA) is 71.5 Å². The molecule has 21 heavy (non-hydrogen) atoms. The summed E-state index contributed by atoms with van der Waals surface area (Å²) in [6, 6.07) is 3.42. The van der Waals surface area contributed by atoms with Gasteiger partial charge in [-0.05, 0) is 32.3 Å². The molecule has 0 saturated heterocycles. The van der Waals surface area contributed by atoms with E-state index in [2.05, 4.69) is 10.3 Å². The lowest BCUT2D eigenvalue weighted by molar-refractivity contribution is 0.0915. The summed E-state index contributed by atoms with van der Waals surface area (Å²) in [4.78, 5) is 16.4. The minimum absolute atomic E-state index is 0.0644. The third kappa shape index (κ3) is 4.17. The van der Waals surface area contributed by atoms with Crippen molar-refractivity contribution in [3.05, 3.63) is 23.9 Å². The molecule has 0 spiro atoms. The predicted molar refractivity (Wildman–Crippen MR) is 80.3 cm³/mol. The fraction of sp³-hybridized carbons (Fsp3) is 0.625. The molecule has 1 aliphatic rings. The minimum Gasteiger partial charge on any atom is -0.475 e. The van der Waals surface area contributed by atoms with Gasteiger partial charge in [0.2, 0.25) is 5.88 Å². The highest BCUT2D eigenvalue weighted by Crippen LogP contribution is 2.25. The Morgan fingerprint density at radius 3 is 3.10 bits per heavy atom. The van der Waals surface area contributed by atoms with Crippen molar-refractivity contribution < 1.29 is 14.6 Å². The van der Waals surface area contributed by atoms with Gasteiger partial charge in [-0.25, -0.2) is 4.98 Å². The maximum Gasteiger partial charge on any atom is 0.251 e. The van der Waals surface area contributed by atoms with E-state index in [1.54, 1.807) is 18.3 Å². The number of nitrogens with zero attached hydrogens (tertiary/aromatic N) is 1. The highest BCUT2D eigenvalue weighted by Gasteiger charge is 2.28. The van der Waals surface area contributed by atoms with Crippen LogP contribution in [0.25, 0.3) is 0 Å². The van der Waals surface area contributed by atoms with Crippen molar-refractivity contribution in [2.75, 3.05) is 6.61 Å². The van der Waals surface area contributed by atoms with Gasteiger partial charge in [-0.1, -0.05) is 13.3 Å². The smallest absolute Gasteiger partial charge is 0.251 e. The van der Waals surface area contributed by atoms with Crippen LogP contribution in [-0.2, 0) is 0 Å². The van der Waals surface area contributed by atoms with Crippen LogP contribution in [0.4, 0.5) is 0 Å². The summed E-state index contributed by atoms with van der Waals surface area (Å²) in [7, 11) is 0. The molecule has 2 N–H and O–H groups in total. The van der Waals surface area contributed by atoms with Gasteiger partial charge in [0.05, 0.1) is 6.10 Å². The molecular formula is C16H24N2O3. The first-order valence-corrected chi connectivity index (χ1v) is 7.68. The highest BCUT2D eigenvalue weighted by atomic mass is 16.5. The van der Waals surface area contributed by atoms with Crippen LogP contribution in [0.2, 0.25) is 0 Å². The zero-order valence-electron chi connectivity index (χ0n) is 12.7. The van der Waals surface area contributed by atoms with E-state index >= 15 is 0 Å². The zero-order chi connectivity index (χ0) is 15.2. The molecule has 0 aromatic carbocycles. The molecule has 2 rings (SSSR count). The third-order valence-electron chi connectivity index (χ3n) is 4.10. The molecule has 5 nitrogen and oxygen atoms in total. The van der Waals surface area contributed by atoms with Gasteiger partial charge in [0, 0.05) is 36.4 Å². The molecule has 5 heteroatoms. The van der Waals surface area contributed by atoms with E-state index in [0.29, 0.717) is 11.4 Å². The standard InChI is InChI=1S/C16H24N2O3/c1-3-11(2)21-15-9-12(7-8-17-15)16(20)18-14-6-4-5-13(14)10-19/h7-9,11,13-14,19H,3-6,10H2,1-2H3,(H,18,20)/t11-,13+,14+/m0/s1. The Hall–Kier alpha value is -1.62. The van der Waals surface area contributed by atoms with E-state index in [1.807, 2.05) is 13.8 Å². The summed E-state index contributed by atoms with van der Waals surface area (Å²) < 4.78 is 5.64. The third-order valence-corrected chi connectivity index (χ3v) is 4.10. The van der Waals surface area contributed by atoms with Crippen LogP contribution >= 0.6 is 0 Å². The van der Waals surface area contributed by atoms with Gasteiger partial charge in [-0.15, -0.1) is 0 Å². The summed E-state index contributed by atoms with van der Waals surface area (Å²) >= 11 is 0. The second-order valence-electron chi connectivity index (χ2n) is 5.67. The Labute approximate surface area is 125 Å². The van der Waals surface area contributed by atoms with Crippen molar-refractivity contribution in [2.45, 2.75) is 51.7 Å². The maximum absolute atomic E-state index is 12.3. The number of pyridine rings is 1. The monoisotopic (exact) mass is 292 g/mol. The fourth-order valence-corrected chi connectivity index (χ4v) is 2.60. The van der Waals surface area contributed by atoms with Crippen LogP contribution in [0, 0.1) is 5.92 Å². The van der Waals surface area contributed by atoms with E-state index in [9.17, 15) is 9.90 Å². The largest absolute Gasteiger partial charge is 0.475 e. The molecule has 1 aromatic heterocycles. The number of rotatable bonds is 6. The number of aliphatic hydroxyl groups is 1. The Morgan fingerprint density at radius 2 is 2.38 bits per heavy atom. The molecule has 0 aliphatic heterocycles. The molecule has 1 fully saturated rings. The van der Waals surface area contributed by atoms with Crippen LogP contribution in [0.15, 0.2) is 18.3 Å². The van der Waals surface area contributed by atoms with E-state index in [1.165, 1.54) is 0 Å². The Bertz CT molecular complexity index is 478. The van der Waals surface area contributed by atoms with E-state index in [-0.39, 0.29) is 30.6 Å². The fourth-order valence-electron chi connectivity index (χ4n) is 2.60. The molecule has 0 unspecified atom stereocenters. The number of amides is 1. The average Bonchev–Trinajstić information content (AvgIpc) is 2.94. The number of carbonyl (C=O) groups is 1. The molecule has 116 valence electrons. The summed E-state index contributed by atoms with van der Waals surface area (Å²) in [6.07, 6.45) is 5.50. The van der Waals surface area contributed by atoms with Crippen molar-refractivity contribution in [2.24, 2.45) is 5.92 Å². The van der Waals surface area contributed by atoms with E-state index < -0.39 is 0 Å². The number of nitrogens with one attached hydrogen (secondary N) is 1. The number of aromatic nitrogens is 1. The Balaban J connectivity index is 2.00. The molecule has 1 saturated carbocycles. The summed E-state index contributed by atoms with van der Waals surface area (Å²) in [6.45, 7) is 4.14. The SMILES string of the molecule is CC[C@H](C)Oc1cc(C(=O)N[C@@H]2CCC[C@@H]2CO)ccn1. The lowest BCUT2D eigenvalue weighted by atomic mass is 10.0. The van der Waals surface area contributed by atoms with Gasteiger partial charge in [-0.3, -0.25) is 4.79 Å². The summed E-state index contributed by atoms with van der Waals surface area (Å²) in [5, 5.41) is 12.3. The Morgan fingerprint density at radius 1 is 1.57 bits per heavy atom. The van der Waals surface area contributed by atoms with Gasteiger partial charge in [-0.2, -0.15) is 0 Å². The van der Waals surface area contributed by atoms with Gasteiger partial charge < -0.3 is 15.2 Å². The first kappa shape index (κ1) is 15.8. The second kappa shape index (κ2) is 7.41. The van der Waals surface area contributed by atoms with Crippen molar-refractivity contribution >= 4 is 5.91 Å². The quantitative estimate of drug-likeness (QED) is 0.842. The van der Waals surface area contributed by atoms with Crippen molar-refractivity contribution in [3.8, 4) is 5.88 Å². The van der Waals surface area contributed by atoms with Gasteiger partial charge >= 0.3 is 0 Å². The van der Waals surface area contributed by atoms with Gasteiger partial charge in [0.1, 0.15) is 0 Å². The number of aliphatic hydroxyl groups excluding tert-OH is 1. The van der Waals surface area contributed by atoms with Crippen LogP contribution in [-0.4, -0.2) is 34.8 Å². The molecular weight excluding hydrogens is 268 g/mol. The number of ether oxygens (including phenoxy) is 1. The molecule has 3 atom stereocenters. The van der Waals surface area contributed by atoms with E-state index in [0.717, 1.165) is 25.7 Å². The lowest BCUT2D eigenvalue weighted by Gasteiger charge is -2.19. The normalized spacial score (nSPS) is 22.8. The number of hydrogen-bond acceptors (Lipinski definition) is 4. The van der Waals surface area contributed by atoms with Crippen molar-refractivity contribution in [3.63, 3.8) is 0 Å². The van der Waals surface area contributed by atoms with Crippen LogP contribution < -0.4 is 10.1 Å². The lowest BCUT2D eigenvalue weighted by Crippen LogP contribution is -2.38. The summed E-state index contributed by atoms with van der Waals surface area (Å²) in [5.74, 6) is 0.519. The average molecular weight is 292 g/mol. The van der Waals surface area contributed by atoms with E-state index in [4.69, 9.17) is 4.74 Å². The molecule has 1 aliphatic carbocycles. The maximum atomic E-state index is 12.3. The number of hydrogen-bond donors (Lipinski definition) is 2. The van der Waals surface area contributed by atoms with Crippen LogP contribution in [0.1, 0.15) is 49.9 Å². The van der Waals surface area contributed by atoms with Crippen LogP contribution in [0.3, 0.4) is 0 Å². The molecule has 1 amide bonds. The zero-order valence-corrected chi connectivity index (χ0v) is 12.7. The highest BCUT2D eigenvalue weighted by molar-refractivity contribution is 5.94. The molecule has 1 aromatic rings. The van der Waals surface area contributed by atoms with Crippen molar-refractivity contribution in [1.29, 1.82) is 0 Å². The molecule has 0 bridgehead atoms. The first-order valence-electron chi connectivity index (χ1n) is 7.68. The first-order chi connectivity index (χ1) is 10.1. The summed E-state index contributed by atoms with van der Waals surface area (Å²) in [5.41, 5.74) is 0.548. The predicted octanol–water partition coefficient (Wildman–Crippen LogP) is 2.15. The van der Waals surface area contributed by atoms with Gasteiger partial charge in [0.15, 0.2) is 0 Å². The second-order valence-corrected chi connectivity index (χ2v) is 5.67. The van der Waals surface area contributed by atoms with Crippen molar-refractivity contribution in [1.82, 2.24) is 10.3 Å². The Kier molecular flexibility index (Phi) is 5.56. The minimum atomic E-state index is -0.128.